The quantitative estimate of drug-likeness (QED) is 0.334. The van der Waals surface area contributed by atoms with E-state index in [1.807, 2.05) is 66.7 Å². The second kappa shape index (κ2) is 9.81. The zero-order chi connectivity index (χ0) is 26.5. The topological polar surface area (TPSA) is 88.8 Å². The van der Waals surface area contributed by atoms with Gasteiger partial charge in [0, 0.05) is 28.3 Å². The molecule has 0 spiro atoms. The standard InChI is InChI=1S/C25H31BClFN2O5S/c1-23(2,3)36(31)29-13-19-21(28)18(27)12-20(30-19)33-14-15-10-16-8-9-32-22(16)17(11-15)26-34-24(4,5)25(6,7)35-26/h8-12,29H,13-14H2,1-7H3/t36-/m0/s1. The fourth-order valence-electron chi connectivity index (χ4n) is 3.63. The molecule has 0 unspecified atom stereocenters. The Morgan fingerprint density at radius 1 is 1.17 bits per heavy atom. The van der Waals surface area contributed by atoms with Gasteiger partial charge in [0.1, 0.15) is 16.9 Å². The van der Waals surface area contributed by atoms with Crippen molar-refractivity contribution in [1.29, 1.82) is 0 Å². The first kappa shape index (κ1) is 27.2. The molecule has 0 amide bonds. The van der Waals surface area contributed by atoms with Gasteiger partial charge in [-0.2, -0.15) is 0 Å². The van der Waals surface area contributed by atoms with E-state index in [-0.39, 0.29) is 29.7 Å². The third kappa shape index (κ3) is 5.54. The Kier molecular flexibility index (Phi) is 7.42. The Hall–Kier alpha value is -1.82. The molecule has 0 aliphatic carbocycles. The molecule has 0 saturated carbocycles. The number of nitrogens with zero attached hydrogens (tertiary/aromatic N) is 1. The summed E-state index contributed by atoms with van der Waals surface area (Å²) in [5.74, 6) is -0.519. The highest BCUT2D eigenvalue weighted by molar-refractivity contribution is 7.90. The van der Waals surface area contributed by atoms with E-state index in [2.05, 4.69) is 9.71 Å². The Morgan fingerprint density at radius 2 is 1.83 bits per heavy atom. The Bertz CT molecular complexity index is 1250. The molecule has 3 aromatic rings. The summed E-state index contributed by atoms with van der Waals surface area (Å²) < 4.78 is 53.2. The number of furan rings is 1. The normalized spacial score (nSPS) is 18.1. The lowest BCUT2D eigenvalue weighted by atomic mass is 9.77. The predicted octanol–water partition coefficient (Wildman–Crippen LogP) is 5.05. The van der Waals surface area contributed by atoms with E-state index in [4.69, 9.17) is 30.1 Å². The van der Waals surface area contributed by atoms with E-state index in [1.54, 1.807) is 6.26 Å². The van der Waals surface area contributed by atoms with Crippen molar-refractivity contribution in [3.05, 3.63) is 52.6 Å². The summed E-state index contributed by atoms with van der Waals surface area (Å²) in [4.78, 5) is 4.25. The van der Waals surface area contributed by atoms with Crippen LogP contribution in [0.5, 0.6) is 5.88 Å². The molecule has 2 aromatic heterocycles. The van der Waals surface area contributed by atoms with E-state index < -0.39 is 40.2 Å². The van der Waals surface area contributed by atoms with Crippen LogP contribution in [0.4, 0.5) is 4.39 Å². The molecule has 1 fully saturated rings. The third-order valence-electron chi connectivity index (χ3n) is 6.42. The van der Waals surface area contributed by atoms with Gasteiger partial charge in [-0.25, -0.2) is 9.37 Å². The Morgan fingerprint density at radius 3 is 2.47 bits per heavy atom. The number of nitrogens with one attached hydrogen (secondary N) is 1. The second-order valence-corrected chi connectivity index (χ2v) is 13.3. The molecule has 7 nitrogen and oxygen atoms in total. The number of hydrogen-bond donors (Lipinski definition) is 1. The summed E-state index contributed by atoms with van der Waals surface area (Å²) in [7, 11) is -0.608. The molecule has 1 atom stereocenters. The smallest absolute Gasteiger partial charge is 0.498 e. The minimum atomic E-state index is -1.39. The van der Waals surface area contributed by atoms with Crippen molar-refractivity contribution in [1.82, 2.24) is 9.71 Å². The molecular formula is C25H31BClFN2O5S. The second-order valence-electron chi connectivity index (χ2n) is 10.8. The highest BCUT2D eigenvalue weighted by Crippen LogP contribution is 2.37. The summed E-state index contributed by atoms with van der Waals surface area (Å²) in [6.07, 6.45) is 1.62. The number of benzene rings is 1. The maximum Gasteiger partial charge on any atom is 0.498 e. The van der Waals surface area contributed by atoms with Crippen LogP contribution in [0.2, 0.25) is 5.02 Å². The summed E-state index contributed by atoms with van der Waals surface area (Å²) in [6.45, 7) is 13.5. The van der Waals surface area contributed by atoms with Crippen molar-refractivity contribution in [2.24, 2.45) is 0 Å². The van der Waals surface area contributed by atoms with Crippen LogP contribution in [-0.4, -0.2) is 32.6 Å². The molecule has 1 aliphatic rings. The summed E-state index contributed by atoms with van der Waals surface area (Å²) in [6, 6.07) is 7.04. The van der Waals surface area contributed by atoms with Gasteiger partial charge in [0.15, 0.2) is 5.82 Å². The zero-order valence-corrected chi connectivity index (χ0v) is 23.1. The fraction of sp³-hybridized carbons (Fsp3) is 0.480. The average molecular weight is 537 g/mol. The molecule has 194 valence electrons. The van der Waals surface area contributed by atoms with E-state index >= 15 is 0 Å². The molecule has 36 heavy (non-hydrogen) atoms. The van der Waals surface area contributed by atoms with Gasteiger partial charge in [0.25, 0.3) is 0 Å². The minimum absolute atomic E-state index is 0.0262. The maximum absolute atomic E-state index is 14.6. The van der Waals surface area contributed by atoms with Crippen molar-refractivity contribution < 1.29 is 27.4 Å². The van der Waals surface area contributed by atoms with Crippen molar-refractivity contribution in [2.45, 2.75) is 77.6 Å². The number of ether oxygens (including phenoxy) is 1. The van der Waals surface area contributed by atoms with Gasteiger partial charge in [-0.3, -0.25) is 0 Å². The molecule has 1 aliphatic heterocycles. The molecule has 0 bridgehead atoms. The van der Waals surface area contributed by atoms with Gasteiger partial charge in [-0.1, -0.05) is 17.7 Å². The van der Waals surface area contributed by atoms with Gasteiger partial charge in [-0.05, 0) is 66.2 Å². The van der Waals surface area contributed by atoms with Gasteiger partial charge in [0.2, 0.25) is 5.88 Å². The van der Waals surface area contributed by atoms with Crippen molar-refractivity contribution in [3.8, 4) is 5.88 Å². The number of fused-ring (bicyclic) bond motifs is 1. The molecular weight excluding hydrogens is 506 g/mol. The Balaban J connectivity index is 1.55. The first-order chi connectivity index (χ1) is 16.7. The van der Waals surface area contributed by atoms with Crippen molar-refractivity contribution >= 4 is 46.5 Å². The molecule has 0 radical (unpaired) electrons. The first-order valence-corrected chi connectivity index (χ1v) is 13.2. The van der Waals surface area contributed by atoms with Crippen LogP contribution in [0, 0.1) is 5.82 Å². The fourth-order valence-corrected chi connectivity index (χ4v) is 4.53. The van der Waals surface area contributed by atoms with Gasteiger partial charge >= 0.3 is 7.12 Å². The lowest BCUT2D eigenvalue weighted by Gasteiger charge is -2.32. The highest BCUT2D eigenvalue weighted by atomic mass is 35.5. The van der Waals surface area contributed by atoms with E-state index in [0.29, 0.717) is 5.58 Å². The first-order valence-electron chi connectivity index (χ1n) is 11.7. The Labute approximate surface area is 219 Å². The van der Waals surface area contributed by atoms with Crippen molar-refractivity contribution in [2.75, 3.05) is 0 Å². The third-order valence-corrected chi connectivity index (χ3v) is 8.21. The molecule has 4 rings (SSSR count). The molecule has 3 heterocycles. The largest absolute Gasteiger partial charge is 0.598 e. The monoisotopic (exact) mass is 536 g/mol. The summed E-state index contributed by atoms with van der Waals surface area (Å²) in [5, 5.41) is 0.752. The maximum atomic E-state index is 14.6. The number of aromatic nitrogens is 1. The van der Waals surface area contributed by atoms with Gasteiger partial charge < -0.3 is 23.0 Å². The lowest BCUT2D eigenvalue weighted by molar-refractivity contribution is 0.00578. The summed E-state index contributed by atoms with van der Waals surface area (Å²) in [5.41, 5.74) is 1.29. The highest BCUT2D eigenvalue weighted by Gasteiger charge is 2.52. The van der Waals surface area contributed by atoms with Crippen molar-refractivity contribution in [3.63, 3.8) is 0 Å². The number of pyridine rings is 1. The van der Waals surface area contributed by atoms with E-state index in [1.165, 1.54) is 6.07 Å². The minimum Gasteiger partial charge on any atom is -0.598 e. The predicted molar refractivity (Wildman–Crippen MR) is 140 cm³/mol. The van der Waals surface area contributed by atoms with Gasteiger partial charge in [-0.15, -0.1) is 4.72 Å². The lowest BCUT2D eigenvalue weighted by Crippen LogP contribution is -2.41. The average Bonchev–Trinajstić information content (AvgIpc) is 3.33. The van der Waals surface area contributed by atoms with Crippen LogP contribution in [-0.2, 0) is 33.8 Å². The molecule has 11 heteroatoms. The van der Waals surface area contributed by atoms with Crippen LogP contribution < -0.4 is 14.9 Å². The van der Waals surface area contributed by atoms with Crippen LogP contribution >= 0.6 is 11.6 Å². The SMILES string of the molecule is CC(C)(C)[S@+]([O-])NCc1nc(OCc2cc(B3OC(C)(C)C(C)(C)O3)c3occc3c2)cc(Cl)c1F. The van der Waals surface area contributed by atoms with E-state index in [9.17, 15) is 8.94 Å². The van der Waals surface area contributed by atoms with Crippen LogP contribution in [0.1, 0.15) is 59.7 Å². The van der Waals surface area contributed by atoms with Crippen LogP contribution in [0.25, 0.3) is 11.0 Å². The zero-order valence-electron chi connectivity index (χ0n) is 21.5. The molecule has 1 saturated heterocycles. The number of halogens is 2. The number of hydrogen-bond acceptors (Lipinski definition) is 7. The molecule has 1 aromatic carbocycles. The van der Waals surface area contributed by atoms with Crippen LogP contribution in [0.15, 0.2) is 34.9 Å². The molecule has 1 N–H and O–H groups in total. The van der Waals surface area contributed by atoms with Gasteiger partial charge in [0.05, 0.1) is 34.7 Å². The van der Waals surface area contributed by atoms with E-state index in [0.717, 1.165) is 16.4 Å². The number of rotatable bonds is 7. The van der Waals surface area contributed by atoms with Crippen LogP contribution in [0.3, 0.4) is 0 Å². The summed E-state index contributed by atoms with van der Waals surface area (Å²) >= 11 is 4.70.